The lowest BCUT2D eigenvalue weighted by atomic mass is 9.66. The van der Waals surface area contributed by atoms with Gasteiger partial charge in [0.2, 0.25) is 0 Å². The zero-order valence-corrected chi connectivity index (χ0v) is 12.4. The first-order valence-corrected chi connectivity index (χ1v) is 7.36. The largest absolute Gasteiger partial charge is 0.457 e. The van der Waals surface area contributed by atoms with Crippen LogP contribution < -0.4 is 0 Å². The van der Waals surface area contributed by atoms with Crippen molar-refractivity contribution in [2.75, 3.05) is 0 Å². The number of hydrogen-bond acceptors (Lipinski definition) is 4. The molecule has 0 aromatic rings. The summed E-state index contributed by atoms with van der Waals surface area (Å²) in [5.41, 5.74) is 2.30. The Balaban J connectivity index is 1.90. The van der Waals surface area contributed by atoms with Gasteiger partial charge in [0.15, 0.2) is 0 Å². The Morgan fingerprint density at radius 1 is 1.52 bits per heavy atom. The number of ether oxygens (including phenoxy) is 2. The van der Waals surface area contributed by atoms with Crippen LogP contribution in [0.4, 0.5) is 0 Å². The summed E-state index contributed by atoms with van der Waals surface area (Å²) in [6, 6.07) is 0. The van der Waals surface area contributed by atoms with Gasteiger partial charge in [0.1, 0.15) is 11.9 Å². The van der Waals surface area contributed by atoms with Gasteiger partial charge in [-0.15, -0.1) is 0 Å². The smallest absolute Gasteiger partial charge is 0.339 e. The summed E-state index contributed by atoms with van der Waals surface area (Å²) in [6.07, 6.45) is 2.76. The number of carbonyl (C=O) groups is 2. The highest BCUT2D eigenvalue weighted by molar-refractivity contribution is 5.94. The fourth-order valence-electron chi connectivity index (χ4n) is 4.61. The van der Waals surface area contributed by atoms with Crippen molar-refractivity contribution in [3.05, 3.63) is 35.1 Å². The fourth-order valence-corrected chi connectivity index (χ4v) is 4.61. The molecule has 4 heteroatoms. The number of rotatable bonds is 1. The minimum absolute atomic E-state index is 0.0494. The van der Waals surface area contributed by atoms with Crippen LogP contribution >= 0.6 is 0 Å². The van der Waals surface area contributed by atoms with E-state index in [2.05, 4.69) is 19.6 Å². The molecule has 3 unspecified atom stereocenters. The highest BCUT2D eigenvalue weighted by Gasteiger charge is 2.67. The highest BCUT2D eigenvalue weighted by atomic mass is 16.6. The van der Waals surface area contributed by atoms with E-state index in [0.717, 1.165) is 17.6 Å². The molecule has 110 valence electrons. The summed E-state index contributed by atoms with van der Waals surface area (Å²) in [6.45, 7) is 9.56. The summed E-state index contributed by atoms with van der Waals surface area (Å²) in [5.74, 6) is 1.01. The topological polar surface area (TPSA) is 52.6 Å². The van der Waals surface area contributed by atoms with Crippen LogP contribution in [0.25, 0.3) is 0 Å². The molecule has 4 rings (SSSR count). The Morgan fingerprint density at radius 2 is 2.24 bits per heavy atom. The van der Waals surface area contributed by atoms with Gasteiger partial charge in [0, 0.05) is 29.4 Å². The van der Waals surface area contributed by atoms with Crippen molar-refractivity contribution < 1.29 is 19.1 Å². The van der Waals surface area contributed by atoms with E-state index in [1.54, 1.807) is 6.92 Å². The monoisotopic (exact) mass is 286 g/mol. The Kier molecular flexibility index (Phi) is 2.25. The molecule has 1 aliphatic heterocycles. The molecule has 0 aromatic heterocycles. The summed E-state index contributed by atoms with van der Waals surface area (Å²) in [7, 11) is 0. The van der Waals surface area contributed by atoms with E-state index >= 15 is 0 Å². The van der Waals surface area contributed by atoms with Gasteiger partial charge in [-0.1, -0.05) is 19.1 Å². The van der Waals surface area contributed by atoms with Crippen molar-refractivity contribution in [3.63, 3.8) is 0 Å². The van der Waals surface area contributed by atoms with Gasteiger partial charge in [-0.3, -0.25) is 4.79 Å². The molecule has 3 aliphatic carbocycles. The number of carbonyl (C=O) groups excluding carboxylic acids is 2. The van der Waals surface area contributed by atoms with E-state index in [1.165, 1.54) is 6.92 Å². The summed E-state index contributed by atoms with van der Waals surface area (Å²) < 4.78 is 11.0. The van der Waals surface area contributed by atoms with E-state index in [0.29, 0.717) is 23.2 Å². The van der Waals surface area contributed by atoms with Crippen molar-refractivity contribution >= 4 is 11.9 Å². The Labute approximate surface area is 123 Å². The molecule has 0 aromatic carbocycles. The number of esters is 2. The molecule has 0 radical (unpaired) electrons. The Bertz CT molecular complexity index is 668. The number of allylic oxidation sites excluding steroid dienone is 1. The number of fused-ring (bicyclic) bond motifs is 4. The van der Waals surface area contributed by atoms with Gasteiger partial charge >= 0.3 is 11.9 Å². The van der Waals surface area contributed by atoms with Crippen LogP contribution in [0.15, 0.2) is 35.1 Å². The van der Waals surface area contributed by atoms with Crippen LogP contribution in [-0.2, 0) is 19.1 Å². The lowest BCUT2D eigenvalue weighted by molar-refractivity contribution is -0.148. The van der Waals surface area contributed by atoms with E-state index in [-0.39, 0.29) is 23.3 Å². The zero-order chi connectivity index (χ0) is 15.1. The van der Waals surface area contributed by atoms with Crippen LogP contribution in [0, 0.1) is 23.2 Å². The lowest BCUT2D eigenvalue weighted by Crippen LogP contribution is -2.42. The second kappa shape index (κ2) is 3.67. The van der Waals surface area contributed by atoms with Crippen LogP contribution in [0.2, 0.25) is 0 Å². The minimum Gasteiger partial charge on any atom is -0.457 e. The zero-order valence-electron chi connectivity index (χ0n) is 12.4. The van der Waals surface area contributed by atoms with Crippen LogP contribution in [0.1, 0.15) is 27.2 Å². The maximum Gasteiger partial charge on any atom is 0.339 e. The molecule has 2 saturated carbocycles. The van der Waals surface area contributed by atoms with Crippen molar-refractivity contribution in [1.82, 2.24) is 0 Å². The van der Waals surface area contributed by atoms with Gasteiger partial charge in [-0.05, 0) is 31.3 Å². The maximum absolute atomic E-state index is 11.9. The average molecular weight is 286 g/mol. The van der Waals surface area contributed by atoms with Crippen LogP contribution in [0.5, 0.6) is 0 Å². The molecule has 0 N–H and O–H groups in total. The molecule has 4 nitrogen and oxygen atoms in total. The summed E-state index contributed by atoms with van der Waals surface area (Å²) in [5, 5.41) is 0. The minimum atomic E-state index is -0.445. The van der Waals surface area contributed by atoms with E-state index in [4.69, 9.17) is 9.47 Å². The first-order valence-electron chi connectivity index (χ1n) is 7.36. The van der Waals surface area contributed by atoms with Crippen molar-refractivity contribution in [3.8, 4) is 0 Å². The normalized spacial score (nSPS) is 42.9. The Hall–Kier alpha value is -1.84. The van der Waals surface area contributed by atoms with Crippen molar-refractivity contribution in [2.45, 2.75) is 33.3 Å². The summed E-state index contributed by atoms with van der Waals surface area (Å²) >= 11 is 0. The average Bonchev–Trinajstić information content (AvgIpc) is 3.08. The van der Waals surface area contributed by atoms with Crippen LogP contribution in [0.3, 0.4) is 0 Å². The van der Waals surface area contributed by atoms with Gasteiger partial charge in [-0.2, -0.15) is 0 Å². The second-order valence-corrected chi connectivity index (χ2v) is 6.83. The molecule has 5 atom stereocenters. The molecule has 0 spiro atoms. The van der Waals surface area contributed by atoms with Gasteiger partial charge in [0.25, 0.3) is 0 Å². The molecule has 0 bridgehead atoms. The quantitative estimate of drug-likeness (QED) is 0.549. The van der Waals surface area contributed by atoms with E-state index in [9.17, 15) is 9.59 Å². The van der Waals surface area contributed by atoms with Crippen molar-refractivity contribution in [1.29, 1.82) is 0 Å². The highest BCUT2D eigenvalue weighted by Crippen LogP contribution is 2.71. The van der Waals surface area contributed by atoms with Crippen molar-refractivity contribution in [2.24, 2.45) is 23.2 Å². The van der Waals surface area contributed by atoms with Gasteiger partial charge < -0.3 is 9.47 Å². The number of hydrogen-bond donors (Lipinski definition) is 0. The Morgan fingerprint density at radius 3 is 2.90 bits per heavy atom. The van der Waals surface area contributed by atoms with Gasteiger partial charge in [-0.25, -0.2) is 4.79 Å². The predicted octanol–water partition coefficient (Wildman–Crippen LogP) is 2.52. The molecular weight excluding hydrogens is 268 g/mol. The third kappa shape index (κ3) is 1.45. The van der Waals surface area contributed by atoms with Gasteiger partial charge in [0.05, 0.1) is 0 Å². The first kappa shape index (κ1) is 12.9. The second-order valence-electron chi connectivity index (χ2n) is 6.83. The van der Waals surface area contributed by atoms with E-state index in [1.807, 2.05) is 0 Å². The fraction of sp³-hybridized carbons (Fsp3) is 0.529. The molecule has 1 heterocycles. The third-order valence-electron chi connectivity index (χ3n) is 5.64. The molecule has 4 aliphatic rings. The first-order chi connectivity index (χ1) is 9.84. The summed E-state index contributed by atoms with van der Waals surface area (Å²) in [4.78, 5) is 23.4. The molecule has 0 amide bonds. The standard InChI is InChI=1S/C17H18O4/c1-7-10-5-11(10)17(4)6-12-13(8(2)16(19)21-12)15(14(7)17)20-9(3)18/h6,10-11,14-15H,1,5H2,2-4H3/t10?,11?,14-,15?,17+/m1/s1. The van der Waals surface area contributed by atoms with Crippen LogP contribution in [-0.4, -0.2) is 18.0 Å². The predicted molar refractivity (Wildman–Crippen MR) is 74.8 cm³/mol. The molecule has 0 saturated heterocycles. The SMILES string of the molecule is C=C1C2CC2[C@]2(C)C=C3OC(=O)C(C)=C3C(OC(C)=O)[C@@H]12. The maximum atomic E-state index is 11.9. The molecular formula is C17H18O4. The third-order valence-corrected chi connectivity index (χ3v) is 5.64. The lowest BCUT2D eigenvalue weighted by Gasteiger charge is -2.41. The molecule has 21 heavy (non-hydrogen) atoms. The molecule has 2 fully saturated rings. The van der Waals surface area contributed by atoms with E-state index < -0.39 is 6.10 Å².